The van der Waals surface area contributed by atoms with Crippen molar-refractivity contribution in [2.24, 2.45) is 0 Å². The van der Waals surface area contributed by atoms with Gasteiger partial charge < -0.3 is 9.40 Å². The molecular formula is C17H20N4O3S. The number of hydrogen-bond acceptors (Lipinski definition) is 5. The van der Waals surface area contributed by atoms with Crippen molar-refractivity contribution in [1.82, 2.24) is 15.2 Å². The van der Waals surface area contributed by atoms with Gasteiger partial charge in [0.25, 0.3) is 15.9 Å². The van der Waals surface area contributed by atoms with Crippen LogP contribution in [-0.2, 0) is 16.4 Å². The van der Waals surface area contributed by atoms with Crippen molar-refractivity contribution >= 4 is 15.7 Å². The van der Waals surface area contributed by atoms with Crippen LogP contribution in [0, 0.1) is 20.8 Å². The topological polar surface area (TPSA) is 101 Å². The van der Waals surface area contributed by atoms with Gasteiger partial charge in [0, 0.05) is 18.2 Å². The molecule has 2 heterocycles. The van der Waals surface area contributed by atoms with Crippen LogP contribution in [0.25, 0.3) is 11.6 Å². The Morgan fingerprint density at radius 2 is 1.88 bits per heavy atom. The maximum absolute atomic E-state index is 13.0. The lowest BCUT2D eigenvalue weighted by Crippen LogP contribution is -2.15. The van der Waals surface area contributed by atoms with Gasteiger partial charge in [-0.05, 0) is 31.9 Å². The second kappa shape index (κ2) is 6.36. The van der Waals surface area contributed by atoms with E-state index < -0.39 is 10.0 Å². The molecule has 0 aliphatic carbocycles. The Kier molecular flexibility index (Phi) is 4.38. The minimum Gasteiger partial charge on any atom is -0.420 e. The van der Waals surface area contributed by atoms with Gasteiger partial charge in [-0.3, -0.25) is 4.72 Å². The maximum atomic E-state index is 13.0. The lowest BCUT2D eigenvalue weighted by molar-refractivity contribution is 0.531. The van der Waals surface area contributed by atoms with E-state index in [9.17, 15) is 8.42 Å². The first-order valence-corrected chi connectivity index (χ1v) is 9.42. The molecule has 0 spiro atoms. The van der Waals surface area contributed by atoms with Crippen LogP contribution in [0.2, 0.25) is 0 Å². The summed E-state index contributed by atoms with van der Waals surface area (Å²) in [5.41, 5.74) is 3.10. The molecule has 1 aromatic carbocycles. The number of hydrogen-bond donors (Lipinski definition) is 2. The summed E-state index contributed by atoms with van der Waals surface area (Å²) in [6, 6.07) is 7.36. The average molecular weight is 360 g/mol. The van der Waals surface area contributed by atoms with E-state index in [0.29, 0.717) is 28.5 Å². The van der Waals surface area contributed by atoms with Crippen LogP contribution in [-0.4, -0.2) is 23.6 Å². The van der Waals surface area contributed by atoms with Crippen LogP contribution >= 0.6 is 0 Å². The molecule has 25 heavy (non-hydrogen) atoms. The second-order valence-electron chi connectivity index (χ2n) is 5.82. The largest absolute Gasteiger partial charge is 0.420 e. The summed E-state index contributed by atoms with van der Waals surface area (Å²) < 4.78 is 34.0. The highest BCUT2D eigenvalue weighted by atomic mass is 32.2. The average Bonchev–Trinajstić information content (AvgIpc) is 3.10. The minimum absolute atomic E-state index is 0.198. The smallest absolute Gasteiger partial charge is 0.264 e. The van der Waals surface area contributed by atoms with E-state index in [4.69, 9.17) is 4.42 Å². The lowest BCUT2D eigenvalue weighted by atomic mass is 10.1. The molecule has 0 aliphatic heterocycles. The summed E-state index contributed by atoms with van der Waals surface area (Å²) in [6.45, 7) is 7.09. The maximum Gasteiger partial charge on any atom is 0.264 e. The molecule has 0 atom stereocenters. The summed E-state index contributed by atoms with van der Waals surface area (Å²) in [7, 11) is -3.76. The highest BCUT2D eigenvalue weighted by Crippen LogP contribution is 2.31. The van der Waals surface area contributed by atoms with E-state index in [2.05, 4.69) is 19.9 Å². The molecular weight excluding hydrogens is 340 g/mol. The predicted molar refractivity (Wildman–Crippen MR) is 94.9 cm³/mol. The van der Waals surface area contributed by atoms with Crippen LogP contribution in [0.1, 0.15) is 29.6 Å². The number of aryl methyl sites for hydroxylation is 3. The van der Waals surface area contributed by atoms with Crippen LogP contribution in [0.15, 0.2) is 33.6 Å². The van der Waals surface area contributed by atoms with Crippen molar-refractivity contribution in [2.75, 3.05) is 4.72 Å². The number of rotatable bonds is 5. The standard InChI is InChI=1S/C17H20N4O3S/c1-5-13-8-6-7-9-14(13)21-25(22,23)16-10(2)15(18-11(16)3)17-20-19-12(4)24-17/h6-9,18,21H,5H2,1-4H3. The van der Waals surface area contributed by atoms with Crippen molar-refractivity contribution in [1.29, 1.82) is 0 Å². The van der Waals surface area contributed by atoms with Crippen molar-refractivity contribution in [3.05, 3.63) is 47.0 Å². The molecule has 0 saturated carbocycles. The molecule has 0 fully saturated rings. The fourth-order valence-electron chi connectivity index (χ4n) is 2.87. The number of anilines is 1. The Morgan fingerprint density at radius 1 is 1.16 bits per heavy atom. The van der Waals surface area contributed by atoms with E-state index >= 15 is 0 Å². The number of nitrogens with one attached hydrogen (secondary N) is 2. The van der Waals surface area contributed by atoms with Crippen LogP contribution in [0.4, 0.5) is 5.69 Å². The molecule has 7 nitrogen and oxygen atoms in total. The van der Waals surface area contributed by atoms with E-state index in [-0.39, 0.29) is 10.8 Å². The van der Waals surface area contributed by atoms with E-state index in [0.717, 1.165) is 12.0 Å². The molecule has 0 unspecified atom stereocenters. The van der Waals surface area contributed by atoms with Crippen molar-refractivity contribution < 1.29 is 12.8 Å². The third kappa shape index (κ3) is 3.17. The fourth-order valence-corrected chi connectivity index (χ4v) is 4.42. The van der Waals surface area contributed by atoms with Crippen molar-refractivity contribution in [2.45, 2.75) is 39.0 Å². The minimum atomic E-state index is -3.76. The number of benzene rings is 1. The molecule has 0 bridgehead atoms. The third-order valence-corrected chi connectivity index (χ3v) is 5.66. The summed E-state index contributed by atoms with van der Waals surface area (Å²) in [4.78, 5) is 3.25. The van der Waals surface area contributed by atoms with Gasteiger partial charge in [0.1, 0.15) is 10.6 Å². The number of aromatic nitrogens is 3. The van der Waals surface area contributed by atoms with Gasteiger partial charge >= 0.3 is 0 Å². The van der Waals surface area contributed by atoms with Crippen LogP contribution < -0.4 is 4.72 Å². The Labute approximate surface area is 146 Å². The molecule has 8 heteroatoms. The normalized spacial score (nSPS) is 11.7. The molecule has 0 amide bonds. The molecule has 0 aliphatic rings. The zero-order valence-electron chi connectivity index (χ0n) is 14.5. The molecule has 3 rings (SSSR count). The van der Waals surface area contributed by atoms with Crippen molar-refractivity contribution in [3.8, 4) is 11.6 Å². The highest BCUT2D eigenvalue weighted by molar-refractivity contribution is 7.92. The Balaban J connectivity index is 2.05. The lowest BCUT2D eigenvalue weighted by Gasteiger charge is -2.12. The SMILES string of the molecule is CCc1ccccc1NS(=O)(=O)c1c(C)[nH]c(-c2nnc(C)o2)c1C. The van der Waals surface area contributed by atoms with Crippen molar-refractivity contribution in [3.63, 3.8) is 0 Å². The molecule has 0 radical (unpaired) electrons. The van der Waals surface area contributed by atoms with Gasteiger partial charge in [0.15, 0.2) is 0 Å². The number of nitrogens with zero attached hydrogens (tertiary/aromatic N) is 2. The summed E-state index contributed by atoms with van der Waals surface area (Å²) in [6.07, 6.45) is 0.732. The second-order valence-corrected chi connectivity index (χ2v) is 7.44. The highest BCUT2D eigenvalue weighted by Gasteiger charge is 2.27. The summed E-state index contributed by atoms with van der Waals surface area (Å²) in [5.74, 6) is 0.689. The third-order valence-electron chi connectivity index (χ3n) is 4.02. The fraction of sp³-hybridized carbons (Fsp3) is 0.294. The first kappa shape index (κ1) is 17.2. The van der Waals surface area contributed by atoms with E-state index in [1.54, 1.807) is 32.9 Å². The molecule has 2 N–H and O–H groups in total. The number of sulfonamides is 1. The Hall–Kier alpha value is -2.61. The number of aromatic amines is 1. The molecule has 0 saturated heterocycles. The number of para-hydroxylation sites is 1. The number of H-pyrrole nitrogens is 1. The molecule has 3 aromatic rings. The first-order valence-electron chi connectivity index (χ1n) is 7.94. The van der Waals surface area contributed by atoms with Gasteiger partial charge in [0.05, 0.1) is 5.69 Å². The summed E-state index contributed by atoms with van der Waals surface area (Å²) in [5, 5.41) is 7.76. The Bertz CT molecular complexity index is 1020. The van der Waals surface area contributed by atoms with Gasteiger partial charge in [-0.15, -0.1) is 10.2 Å². The van der Waals surface area contributed by atoms with Crippen LogP contribution in [0.3, 0.4) is 0 Å². The molecule has 2 aromatic heterocycles. The zero-order chi connectivity index (χ0) is 18.2. The van der Waals surface area contributed by atoms with E-state index in [1.807, 2.05) is 19.1 Å². The summed E-state index contributed by atoms with van der Waals surface area (Å²) >= 11 is 0. The zero-order valence-corrected chi connectivity index (χ0v) is 15.4. The molecule has 132 valence electrons. The van der Waals surface area contributed by atoms with Gasteiger partial charge in [-0.2, -0.15) is 0 Å². The Morgan fingerprint density at radius 3 is 2.52 bits per heavy atom. The van der Waals surface area contributed by atoms with Gasteiger partial charge in [-0.25, -0.2) is 8.42 Å². The van der Waals surface area contributed by atoms with Gasteiger partial charge in [-0.1, -0.05) is 25.1 Å². The predicted octanol–water partition coefficient (Wildman–Crippen LogP) is 3.35. The van der Waals surface area contributed by atoms with E-state index in [1.165, 1.54) is 0 Å². The van der Waals surface area contributed by atoms with Gasteiger partial charge in [0.2, 0.25) is 5.89 Å². The first-order chi connectivity index (χ1) is 11.8. The van der Waals surface area contributed by atoms with Crippen LogP contribution in [0.5, 0.6) is 0 Å². The quantitative estimate of drug-likeness (QED) is 0.726. The monoisotopic (exact) mass is 360 g/mol.